The first-order chi connectivity index (χ1) is 17.0. The highest BCUT2D eigenvalue weighted by atomic mass is 35.5. The number of ether oxygens (including phenoxy) is 1. The summed E-state index contributed by atoms with van der Waals surface area (Å²) in [6, 6.07) is 18.9. The normalized spacial score (nSPS) is 19.9. The molecule has 184 valence electrons. The zero-order valence-electron chi connectivity index (χ0n) is 19.9. The van der Waals surface area contributed by atoms with Gasteiger partial charge in [0, 0.05) is 36.2 Å². The van der Waals surface area contributed by atoms with Crippen LogP contribution in [0.4, 0.5) is 0 Å². The Morgan fingerprint density at radius 3 is 2.57 bits per heavy atom. The van der Waals surface area contributed by atoms with Gasteiger partial charge in [0.1, 0.15) is 5.56 Å². The van der Waals surface area contributed by atoms with Crippen LogP contribution in [0.3, 0.4) is 0 Å². The minimum Gasteiger partial charge on any atom is -0.383 e. The fourth-order valence-corrected chi connectivity index (χ4v) is 5.05. The highest BCUT2D eigenvalue weighted by Crippen LogP contribution is 2.42. The number of carbonyl (C=O) groups excluding carboxylic acids is 1. The van der Waals surface area contributed by atoms with Crippen LogP contribution in [0.5, 0.6) is 0 Å². The molecule has 0 aliphatic heterocycles. The molecular weight excluding hydrogens is 464 g/mol. The van der Waals surface area contributed by atoms with Gasteiger partial charge in [0.2, 0.25) is 0 Å². The van der Waals surface area contributed by atoms with E-state index < -0.39 is 5.91 Å². The first-order valence-corrected chi connectivity index (χ1v) is 12.3. The molecule has 1 heterocycles. The molecule has 3 N–H and O–H groups in total. The first-order valence-electron chi connectivity index (χ1n) is 11.9. The van der Waals surface area contributed by atoms with Crippen molar-refractivity contribution in [3.8, 4) is 11.3 Å². The molecule has 35 heavy (non-hydrogen) atoms. The zero-order chi connectivity index (χ0) is 24.8. The van der Waals surface area contributed by atoms with Gasteiger partial charge in [-0.05, 0) is 49.4 Å². The number of nitrogens with two attached hydrogens (primary N) is 1. The van der Waals surface area contributed by atoms with Gasteiger partial charge in [0.25, 0.3) is 11.5 Å². The molecule has 1 amide bonds. The third kappa shape index (κ3) is 5.48. The lowest BCUT2D eigenvalue weighted by molar-refractivity contribution is 0.0933. The summed E-state index contributed by atoms with van der Waals surface area (Å²) in [6.07, 6.45) is 3.04. The van der Waals surface area contributed by atoms with Crippen LogP contribution in [0.2, 0.25) is 5.02 Å². The fraction of sp³-hybridized carbons (Fsp3) is 0.370. The van der Waals surface area contributed by atoms with Crippen molar-refractivity contribution < 1.29 is 9.53 Å². The van der Waals surface area contributed by atoms with E-state index in [2.05, 4.69) is 11.4 Å². The highest BCUT2D eigenvalue weighted by Gasteiger charge is 2.37. The maximum absolute atomic E-state index is 13.4. The van der Waals surface area contributed by atoms with Crippen molar-refractivity contribution in [2.45, 2.75) is 37.1 Å². The van der Waals surface area contributed by atoms with Crippen LogP contribution in [0.25, 0.3) is 11.3 Å². The number of nitrogens with one attached hydrogen (secondary N) is 1. The Labute approximate surface area is 210 Å². The number of hydrogen-bond acceptors (Lipinski definition) is 5. The molecule has 1 aliphatic rings. The number of halogens is 1. The average molecular weight is 495 g/mol. The van der Waals surface area contributed by atoms with Gasteiger partial charge >= 0.3 is 0 Å². The standard InChI is InChI=1S/C27H31ClN4O3/c1-35-15-14-30-25(33)23-17-24(19-6-3-2-4-7-19)31-32(26(23)34)22-10-12-27(18-29,13-11-22)20-8-5-9-21(28)16-20/h2-9,16-17,22H,10-15,18,29H2,1H3,(H,30,33)/t22-,27-. The van der Waals surface area contributed by atoms with Gasteiger partial charge in [-0.15, -0.1) is 0 Å². The van der Waals surface area contributed by atoms with Crippen LogP contribution in [-0.4, -0.2) is 42.5 Å². The molecule has 1 fully saturated rings. The van der Waals surface area contributed by atoms with Crippen molar-refractivity contribution in [1.29, 1.82) is 0 Å². The fourth-order valence-electron chi connectivity index (χ4n) is 4.86. The molecule has 1 aromatic heterocycles. The van der Waals surface area contributed by atoms with E-state index in [4.69, 9.17) is 27.2 Å². The average Bonchev–Trinajstić information content (AvgIpc) is 2.89. The van der Waals surface area contributed by atoms with Crippen molar-refractivity contribution >= 4 is 17.5 Å². The summed E-state index contributed by atoms with van der Waals surface area (Å²) in [5.74, 6) is -0.425. The van der Waals surface area contributed by atoms with Crippen LogP contribution in [0.1, 0.15) is 47.6 Å². The number of carbonyl (C=O) groups is 1. The minimum absolute atomic E-state index is 0.0838. The quantitative estimate of drug-likeness (QED) is 0.462. The predicted octanol–water partition coefficient (Wildman–Crippen LogP) is 3.95. The van der Waals surface area contributed by atoms with Crippen molar-refractivity contribution in [1.82, 2.24) is 15.1 Å². The molecule has 0 radical (unpaired) electrons. The van der Waals surface area contributed by atoms with E-state index in [9.17, 15) is 9.59 Å². The third-order valence-corrected chi connectivity index (χ3v) is 7.16. The molecule has 0 unspecified atom stereocenters. The van der Waals surface area contributed by atoms with E-state index in [0.29, 0.717) is 30.4 Å². The summed E-state index contributed by atoms with van der Waals surface area (Å²) in [5, 5.41) is 8.17. The lowest BCUT2D eigenvalue weighted by Gasteiger charge is -2.40. The minimum atomic E-state index is -0.425. The molecule has 0 saturated heterocycles. The maximum Gasteiger partial charge on any atom is 0.279 e. The van der Waals surface area contributed by atoms with Crippen molar-refractivity contribution in [2.24, 2.45) is 5.73 Å². The van der Waals surface area contributed by atoms with Gasteiger partial charge in [-0.1, -0.05) is 54.1 Å². The largest absolute Gasteiger partial charge is 0.383 e. The molecule has 0 spiro atoms. The van der Waals surface area contributed by atoms with Gasteiger partial charge in [0.15, 0.2) is 0 Å². The van der Waals surface area contributed by atoms with E-state index in [0.717, 1.165) is 36.8 Å². The number of amides is 1. The highest BCUT2D eigenvalue weighted by molar-refractivity contribution is 6.30. The number of nitrogens with zero attached hydrogens (tertiary/aromatic N) is 2. The van der Waals surface area contributed by atoms with E-state index in [1.807, 2.05) is 48.5 Å². The molecule has 1 saturated carbocycles. The molecule has 3 aromatic rings. The van der Waals surface area contributed by atoms with E-state index >= 15 is 0 Å². The van der Waals surface area contributed by atoms with Gasteiger partial charge in [-0.2, -0.15) is 5.10 Å². The van der Waals surface area contributed by atoms with Crippen LogP contribution in [0, 0.1) is 0 Å². The molecule has 4 rings (SSSR count). The van der Waals surface area contributed by atoms with E-state index in [1.165, 1.54) is 4.68 Å². The number of methoxy groups -OCH3 is 1. The van der Waals surface area contributed by atoms with Gasteiger partial charge < -0.3 is 15.8 Å². The molecular formula is C27H31ClN4O3. The molecule has 8 heteroatoms. The van der Waals surface area contributed by atoms with Crippen molar-refractivity contribution in [3.05, 3.63) is 87.2 Å². The smallest absolute Gasteiger partial charge is 0.279 e. The lowest BCUT2D eigenvalue weighted by atomic mass is 9.68. The SMILES string of the molecule is COCCNC(=O)c1cc(-c2ccccc2)nn([C@H]2CC[C@](CN)(c3cccc(Cl)c3)CC2)c1=O. The molecule has 0 atom stereocenters. The summed E-state index contributed by atoms with van der Waals surface area (Å²) in [5.41, 5.74) is 8.34. The van der Waals surface area contributed by atoms with Gasteiger partial charge in [-0.3, -0.25) is 9.59 Å². The third-order valence-electron chi connectivity index (χ3n) is 6.93. The second-order valence-corrected chi connectivity index (χ2v) is 9.47. The monoisotopic (exact) mass is 494 g/mol. The molecule has 2 aromatic carbocycles. The Morgan fingerprint density at radius 1 is 1.17 bits per heavy atom. The molecule has 1 aliphatic carbocycles. The number of rotatable bonds is 8. The Kier molecular flexibility index (Phi) is 8.00. The number of hydrogen-bond donors (Lipinski definition) is 2. The van der Waals surface area contributed by atoms with E-state index in [-0.39, 0.29) is 22.6 Å². The summed E-state index contributed by atoms with van der Waals surface area (Å²) < 4.78 is 6.52. The Hall–Kier alpha value is -3.00. The summed E-state index contributed by atoms with van der Waals surface area (Å²) in [4.78, 5) is 26.3. The van der Waals surface area contributed by atoms with Crippen LogP contribution in [0.15, 0.2) is 65.5 Å². The predicted molar refractivity (Wildman–Crippen MR) is 138 cm³/mol. The maximum atomic E-state index is 13.4. The second-order valence-electron chi connectivity index (χ2n) is 9.03. The first kappa shape index (κ1) is 25.1. The van der Waals surface area contributed by atoms with Crippen LogP contribution < -0.4 is 16.6 Å². The van der Waals surface area contributed by atoms with Crippen molar-refractivity contribution in [2.75, 3.05) is 26.8 Å². The van der Waals surface area contributed by atoms with Gasteiger partial charge in [0.05, 0.1) is 18.3 Å². The Bertz CT molecular complexity index is 1220. The molecule has 0 bridgehead atoms. The zero-order valence-corrected chi connectivity index (χ0v) is 20.6. The topological polar surface area (TPSA) is 99.2 Å². The second kappa shape index (κ2) is 11.2. The number of benzene rings is 2. The van der Waals surface area contributed by atoms with Crippen molar-refractivity contribution in [3.63, 3.8) is 0 Å². The molecule has 7 nitrogen and oxygen atoms in total. The Morgan fingerprint density at radius 2 is 1.91 bits per heavy atom. The van der Waals surface area contributed by atoms with Crippen LogP contribution >= 0.6 is 11.6 Å². The summed E-state index contributed by atoms with van der Waals surface area (Å²) >= 11 is 6.25. The summed E-state index contributed by atoms with van der Waals surface area (Å²) in [7, 11) is 1.56. The van der Waals surface area contributed by atoms with Crippen LogP contribution in [-0.2, 0) is 10.2 Å². The lowest BCUT2D eigenvalue weighted by Crippen LogP contribution is -2.42. The summed E-state index contributed by atoms with van der Waals surface area (Å²) in [6.45, 7) is 1.18. The van der Waals surface area contributed by atoms with E-state index in [1.54, 1.807) is 13.2 Å². The number of aromatic nitrogens is 2. The Balaban J connectivity index is 1.67. The van der Waals surface area contributed by atoms with Gasteiger partial charge in [-0.25, -0.2) is 4.68 Å².